The zero-order chi connectivity index (χ0) is 31.1. The molecule has 2 N–H and O–H groups in total. The van der Waals surface area contributed by atoms with Crippen molar-refractivity contribution in [1.29, 1.82) is 0 Å². The number of primary amides is 1. The molecule has 0 bridgehead atoms. The third-order valence-electron chi connectivity index (χ3n) is 7.38. The lowest BCUT2D eigenvalue weighted by molar-refractivity contribution is -0.0860. The quantitative estimate of drug-likeness (QED) is 0.225. The van der Waals surface area contributed by atoms with E-state index in [1.54, 1.807) is 43.5 Å². The van der Waals surface area contributed by atoms with Crippen LogP contribution in [0.15, 0.2) is 54.9 Å². The van der Waals surface area contributed by atoms with Crippen molar-refractivity contribution in [3.63, 3.8) is 0 Å². The molecule has 2 aromatic carbocycles. The van der Waals surface area contributed by atoms with E-state index < -0.39 is 35.5 Å². The largest absolute Gasteiger partial charge is 0.484 e. The number of nitrogens with two attached hydrogens (primary N) is 1. The van der Waals surface area contributed by atoms with Crippen molar-refractivity contribution in [2.75, 3.05) is 13.1 Å². The maximum absolute atomic E-state index is 15.9. The lowest BCUT2D eigenvalue weighted by Gasteiger charge is -2.36. The molecule has 1 atom stereocenters. The minimum atomic E-state index is -3.14. The molecule has 43 heavy (non-hydrogen) atoms. The zero-order valence-corrected chi connectivity index (χ0v) is 25.8. The van der Waals surface area contributed by atoms with Crippen molar-refractivity contribution in [1.82, 2.24) is 14.5 Å². The number of piperidine rings is 1. The van der Waals surface area contributed by atoms with Gasteiger partial charge in [0, 0.05) is 41.2 Å². The fourth-order valence-electron chi connectivity index (χ4n) is 5.18. The highest BCUT2D eigenvalue weighted by atomic mass is 35.5. The van der Waals surface area contributed by atoms with Gasteiger partial charge in [0.1, 0.15) is 33.7 Å². The maximum atomic E-state index is 15.9. The highest BCUT2D eigenvalue weighted by Crippen LogP contribution is 2.43. The summed E-state index contributed by atoms with van der Waals surface area (Å²) in [6, 6.07) is 13.3. The Labute approximate surface area is 257 Å². The Kier molecular flexibility index (Phi) is 8.41. The summed E-state index contributed by atoms with van der Waals surface area (Å²) in [6.07, 6.45) is 0.821. The maximum Gasteiger partial charge on any atom is 0.410 e. The van der Waals surface area contributed by atoms with Gasteiger partial charge in [-0.25, -0.2) is 18.6 Å². The van der Waals surface area contributed by atoms with E-state index in [2.05, 4.69) is 4.98 Å². The van der Waals surface area contributed by atoms with Gasteiger partial charge in [0.25, 0.3) is 11.8 Å². The van der Waals surface area contributed by atoms with Crippen LogP contribution in [0.25, 0.3) is 16.0 Å². The number of carbonyl (C=O) groups is 2. The van der Waals surface area contributed by atoms with Crippen LogP contribution in [0.3, 0.4) is 0 Å². The molecule has 0 radical (unpaired) electrons. The van der Waals surface area contributed by atoms with E-state index in [1.807, 2.05) is 25.1 Å². The number of carbonyl (C=O) groups excluding carboxylic acids is 2. The first-order valence-electron chi connectivity index (χ1n) is 13.9. The number of nitrogens with zero attached hydrogens (tertiary/aromatic N) is 3. The molecule has 3 heterocycles. The summed E-state index contributed by atoms with van der Waals surface area (Å²) in [4.78, 5) is 30.8. The van der Waals surface area contributed by atoms with E-state index in [-0.39, 0.29) is 42.1 Å². The number of benzene rings is 2. The van der Waals surface area contributed by atoms with Crippen molar-refractivity contribution >= 4 is 46.0 Å². The Bertz CT molecular complexity index is 1660. The van der Waals surface area contributed by atoms with Crippen LogP contribution in [-0.4, -0.2) is 45.1 Å². The number of rotatable bonds is 7. The molecule has 1 aliphatic heterocycles. The van der Waals surface area contributed by atoms with Gasteiger partial charge < -0.3 is 20.1 Å². The Morgan fingerprint density at radius 2 is 1.81 bits per heavy atom. The summed E-state index contributed by atoms with van der Waals surface area (Å²) in [5.74, 6) is -4.50. The third kappa shape index (κ3) is 6.47. The SMILES string of the molecule is C[C@@H](Oc1cc(-n2cnc3ccc(C(F)(F)C4CCN(C(=O)OC(C)(C)C)CC4)cc32)sc1C(N)=O)c1ccccc1Cl. The van der Waals surface area contributed by atoms with Gasteiger partial charge in [0.15, 0.2) is 0 Å². The molecule has 1 saturated heterocycles. The molecule has 0 aliphatic carbocycles. The number of ether oxygens (including phenoxy) is 2. The first kappa shape index (κ1) is 30.7. The monoisotopic (exact) mass is 630 g/mol. The average molecular weight is 631 g/mol. The van der Waals surface area contributed by atoms with Gasteiger partial charge in [0.05, 0.1) is 11.0 Å². The number of likely N-dealkylation sites (tertiary alicyclic amines) is 1. The van der Waals surface area contributed by atoms with E-state index >= 15 is 8.78 Å². The molecule has 0 saturated carbocycles. The van der Waals surface area contributed by atoms with Gasteiger partial charge in [-0.3, -0.25) is 9.36 Å². The van der Waals surface area contributed by atoms with Gasteiger partial charge >= 0.3 is 6.09 Å². The number of hydrogen-bond acceptors (Lipinski definition) is 6. The molecule has 0 spiro atoms. The molecule has 1 fully saturated rings. The standard InChI is InChI=1S/C31H33ClF2N4O4S/c1-18(21-7-5-6-8-22(21)32)41-25-16-26(43-27(25)28(35)39)38-17-36-23-10-9-20(15-24(23)38)31(33,34)19-11-13-37(14-12-19)29(40)42-30(2,3)4/h5-10,15-19H,11-14H2,1-4H3,(H2,35,39)/t18-/m1/s1. The second kappa shape index (κ2) is 11.8. The molecule has 228 valence electrons. The van der Waals surface area contributed by atoms with E-state index in [0.717, 1.165) is 16.9 Å². The van der Waals surface area contributed by atoms with Gasteiger partial charge in [-0.05, 0) is 58.7 Å². The number of thiophene rings is 1. The average Bonchev–Trinajstić information content (AvgIpc) is 3.56. The van der Waals surface area contributed by atoms with Crippen molar-refractivity contribution in [2.45, 2.75) is 58.2 Å². The molecule has 5 rings (SSSR count). The van der Waals surface area contributed by atoms with E-state index in [0.29, 0.717) is 21.1 Å². The smallest absolute Gasteiger partial charge is 0.410 e. The van der Waals surface area contributed by atoms with Gasteiger partial charge in [-0.1, -0.05) is 35.9 Å². The Hall–Kier alpha value is -3.70. The number of fused-ring (bicyclic) bond motifs is 1. The first-order chi connectivity index (χ1) is 20.2. The third-order valence-corrected chi connectivity index (χ3v) is 8.86. The van der Waals surface area contributed by atoms with Crippen LogP contribution in [0.2, 0.25) is 5.02 Å². The van der Waals surface area contributed by atoms with E-state index in [9.17, 15) is 9.59 Å². The van der Waals surface area contributed by atoms with Crippen LogP contribution in [-0.2, 0) is 10.7 Å². The molecule has 2 amide bonds. The molecular formula is C31H33ClF2N4O4S. The van der Waals surface area contributed by atoms with Crippen LogP contribution in [0.5, 0.6) is 5.75 Å². The van der Waals surface area contributed by atoms with E-state index in [1.165, 1.54) is 23.4 Å². The number of aromatic nitrogens is 2. The van der Waals surface area contributed by atoms with Crippen molar-refractivity contribution in [3.05, 3.63) is 75.9 Å². The van der Waals surface area contributed by atoms with Gasteiger partial charge in [0.2, 0.25) is 0 Å². The normalized spacial score (nSPS) is 15.5. The molecule has 0 unspecified atom stereocenters. The zero-order valence-electron chi connectivity index (χ0n) is 24.3. The van der Waals surface area contributed by atoms with Crippen molar-refractivity contribution in [2.24, 2.45) is 11.7 Å². The summed E-state index contributed by atoms with van der Waals surface area (Å²) in [5, 5.41) is 1.06. The highest BCUT2D eigenvalue weighted by Gasteiger charge is 2.44. The van der Waals surface area contributed by atoms with Crippen LogP contribution in [0.4, 0.5) is 13.6 Å². The first-order valence-corrected chi connectivity index (χ1v) is 15.1. The van der Waals surface area contributed by atoms with Crippen LogP contribution >= 0.6 is 22.9 Å². The van der Waals surface area contributed by atoms with Crippen molar-refractivity contribution in [3.8, 4) is 10.8 Å². The molecule has 1 aliphatic rings. The predicted molar refractivity (Wildman–Crippen MR) is 162 cm³/mol. The van der Waals surface area contributed by atoms with E-state index in [4.69, 9.17) is 26.8 Å². The number of hydrogen-bond donors (Lipinski definition) is 1. The second-order valence-electron chi connectivity index (χ2n) is 11.6. The number of alkyl halides is 2. The molecule has 12 heteroatoms. The fourth-order valence-corrected chi connectivity index (χ4v) is 6.39. The fraction of sp³-hybridized carbons (Fsp3) is 0.387. The Morgan fingerprint density at radius 3 is 2.47 bits per heavy atom. The van der Waals surface area contributed by atoms with Crippen LogP contribution in [0, 0.1) is 5.92 Å². The molecule has 2 aromatic heterocycles. The number of amides is 2. The highest BCUT2D eigenvalue weighted by molar-refractivity contribution is 7.16. The summed E-state index contributed by atoms with van der Waals surface area (Å²) in [7, 11) is 0. The number of halogens is 3. The molecule has 8 nitrogen and oxygen atoms in total. The van der Waals surface area contributed by atoms with Gasteiger partial charge in [-0.2, -0.15) is 0 Å². The minimum Gasteiger partial charge on any atom is -0.484 e. The summed E-state index contributed by atoms with van der Waals surface area (Å²) >= 11 is 7.41. The second-order valence-corrected chi connectivity index (χ2v) is 13.0. The summed E-state index contributed by atoms with van der Waals surface area (Å²) < 4.78 is 44.9. The summed E-state index contributed by atoms with van der Waals surface area (Å²) in [6.45, 7) is 7.50. The Morgan fingerprint density at radius 1 is 1.12 bits per heavy atom. The molecular weight excluding hydrogens is 598 g/mol. The minimum absolute atomic E-state index is 0.140. The lowest BCUT2D eigenvalue weighted by Crippen LogP contribution is -2.44. The lowest BCUT2D eigenvalue weighted by atomic mass is 9.86. The van der Waals surface area contributed by atoms with Crippen LogP contribution in [0.1, 0.15) is 67.4 Å². The Balaban J connectivity index is 1.39. The predicted octanol–water partition coefficient (Wildman–Crippen LogP) is 7.72. The van der Waals surface area contributed by atoms with Crippen LogP contribution < -0.4 is 10.5 Å². The molecule has 4 aromatic rings. The van der Waals surface area contributed by atoms with Crippen molar-refractivity contribution < 1.29 is 27.8 Å². The van der Waals surface area contributed by atoms with Gasteiger partial charge in [-0.15, -0.1) is 11.3 Å². The summed E-state index contributed by atoms with van der Waals surface area (Å²) in [5.41, 5.74) is 6.57. The topological polar surface area (TPSA) is 99.7 Å². The number of imidazole rings is 1.